The van der Waals surface area contributed by atoms with Crippen molar-refractivity contribution < 1.29 is 14.3 Å². The molecule has 7 heteroatoms. The highest BCUT2D eigenvalue weighted by Gasteiger charge is 2.37. The predicted octanol–water partition coefficient (Wildman–Crippen LogP) is 1.59. The molecule has 1 aromatic heterocycles. The smallest absolute Gasteiger partial charge is 0.410 e. The number of cyclic esters (lactones) is 1. The topological polar surface area (TPSA) is 95.3 Å². The number of aromatic nitrogens is 1. The molecule has 1 saturated heterocycles. The first-order chi connectivity index (χ1) is 12.2. The maximum atomic E-state index is 12.4. The summed E-state index contributed by atoms with van der Waals surface area (Å²) in [6, 6.07) is 13.7. The Morgan fingerprint density at radius 3 is 3.00 bits per heavy atom. The molecule has 0 unspecified atom stereocenters. The van der Waals surface area contributed by atoms with Gasteiger partial charge < -0.3 is 10.1 Å². The number of pyridine rings is 1. The Morgan fingerprint density at radius 1 is 1.36 bits per heavy atom. The average Bonchev–Trinajstić information content (AvgIpc) is 3.01. The Kier molecular flexibility index (Phi) is 4.90. The summed E-state index contributed by atoms with van der Waals surface area (Å²) in [5.74, 6) is -0.298. The Bertz CT molecular complexity index is 817. The Morgan fingerprint density at radius 2 is 2.24 bits per heavy atom. The number of nitriles is 1. The fraction of sp³-hybridized carbons (Fsp3) is 0.222. The van der Waals surface area contributed by atoms with Gasteiger partial charge >= 0.3 is 6.09 Å². The molecule has 3 rings (SSSR count). The largest absolute Gasteiger partial charge is 0.447 e. The van der Waals surface area contributed by atoms with Gasteiger partial charge in [0.2, 0.25) is 5.91 Å². The molecule has 7 nitrogen and oxygen atoms in total. The Labute approximate surface area is 144 Å². The summed E-state index contributed by atoms with van der Waals surface area (Å²) < 4.78 is 5.03. The van der Waals surface area contributed by atoms with Crippen LogP contribution in [0.3, 0.4) is 0 Å². The van der Waals surface area contributed by atoms with E-state index in [0.717, 1.165) is 11.3 Å². The molecule has 1 aliphatic rings. The van der Waals surface area contributed by atoms with Gasteiger partial charge in [-0.15, -0.1) is 0 Å². The van der Waals surface area contributed by atoms with Crippen molar-refractivity contribution in [2.75, 3.05) is 6.61 Å². The third kappa shape index (κ3) is 3.93. The zero-order valence-electron chi connectivity index (χ0n) is 13.4. The maximum Gasteiger partial charge on any atom is 0.410 e. The van der Waals surface area contributed by atoms with Crippen LogP contribution < -0.4 is 5.32 Å². The van der Waals surface area contributed by atoms with Crippen molar-refractivity contribution in [3.8, 4) is 6.07 Å². The van der Waals surface area contributed by atoms with Crippen LogP contribution in [0.15, 0.2) is 48.7 Å². The zero-order chi connectivity index (χ0) is 17.6. The van der Waals surface area contributed by atoms with Crippen LogP contribution in [0, 0.1) is 11.3 Å². The summed E-state index contributed by atoms with van der Waals surface area (Å²) in [4.78, 5) is 29.9. The number of nitrogens with zero attached hydrogens (tertiary/aromatic N) is 3. The van der Waals surface area contributed by atoms with Gasteiger partial charge in [-0.3, -0.25) is 14.7 Å². The molecule has 2 amide bonds. The summed E-state index contributed by atoms with van der Waals surface area (Å²) in [5, 5.41) is 11.7. The first kappa shape index (κ1) is 16.5. The van der Waals surface area contributed by atoms with E-state index in [1.54, 1.807) is 36.5 Å². The van der Waals surface area contributed by atoms with Crippen molar-refractivity contribution in [3.63, 3.8) is 0 Å². The van der Waals surface area contributed by atoms with Crippen molar-refractivity contribution in [2.24, 2.45) is 0 Å². The molecule has 2 heterocycles. The van der Waals surface area contributed by atoms with Crippen molar-refractivity contribution in [3.05, 3.63) is 65.5 Å². The molecule has 1 atom stereocenters. The molecule has 1 aromatic carbocycles. The molecular formula is C18H16N4O3. The minimum atomic E-state index is -0.707. The van der Waals surface area contributed by atoms with Gasteiger partial charge in [-0.25, -0.2) is 4.79 Å². The summed E-state index contributed by atoms with van der Waals surface area (Å²) in [7, 11) is 0. The fourth-order valence-electron chi connectivity index (χ4n) is 2.58. The van der Waals surface area contributed by atoms with Crippen LogP contribution in [-0.4, -0.2) is 34.5 Å². The normalized spacial score (nSPS) is 16.2. The average molecular weight is 336 g/mol. The number of ether oxygens (including phenoxy) is 1. The van der Waals surface area contributed by atoms with Crippen LogP contribution >= 0.6 is 0 Å². The lowest BCUT2D eigenvalue weighted by Gasteiger charge is -2.20. The molecule has 1 aliphatic heterocycles. The molecular weight excluding hydrogens is 320 g/mol. The molecule has 0 bridgehead atoms. The second-order valence-electron chi connectivity index (χ2n) is 5.57. The number of nitrogens with one attached hydrogen (secondary N) is 1. The van der Waals surface area contributed by atoms with E-state index in [4.69, 9.17) is 10.00 Å². The van der Waals surface area contributed by atoms with Crippen LogP contribution in [0.5, 0.6) is 0 Å². The van der Waals surface area contributed by atoms with Crippen LogP contribution in [0.2, 0.25) is 0 Å². The summed E-state index contributed by atoms with van der Waals surface area (Å²) >= 11 is 0. The number of rotatable bonds is 5. The predicted molar refractivity (Wildman–Crippen MR) is 87.9 cm³/mol. The van der Waals surface area contributed by atoms with Crippen LogP contribution in [0.4, 0.5) is 4.79 Å². The molecule has 0 aliphatic carbocycles. The van der Waals surface area contributed by atoms with E-state index in [1.807, 2.05) is 12.1 Å². The van der Waals surface area contributed by atoms with Gasteiger partial charge in [0, 0.05) is 6.20 Å². The van der Waals surface area contributed by atoms with Crippen LogP contribution in [0.1, 0.15) is 16.8 Å². The SMILES string of the molecule is N#Cc1cccc(CN2C(=O)OC[C@H]2C(=O)NCc2ccccn2)c1. The molecule has 1 N–H and O–H groups in total. The fourth-order valence-corrected chi connectivity index (χ4v) is 2.58. The molecule has 0 spiro atoms. The van der Waals surface area contributed by atoms with Gasteiger partial charge in [-0.2, -0.15) is 5.26 Å². The van der Waals surface area contributed by atoms with E-state index in [2.05, 4.69) is 16.4 Å². The summed E-state index contributed by atoms with van der Waals surface area (Å²) in [6.07, 6.45) is 1.11. The quantitative estimate of drug-likeness (QED) is 0.894. The molecule has 0 saturated carbocycles. The lowest BCUT2D eigenvalue weighted by Crippen LogP contribution is -2.45. The lowest BCUT2D eigenvalue weighted by molar-refractivity contribution is -0.125. The molecule has 1 fully saturated rings. The lowest BCUT2D eigenvalue weighted by atomic mass is 10.1. The second kappa shape index (κ2) is 7.45. The van der Waals surface area contributed by atoms with Crippen molar-refractivity contribution in [1.29, 1.82) is 5.26 Å². The second-order valence-corrected chi connectivity index (χ2v) is 5.57. The van der Waals surface area contributed by atoms with Gasteiger partial charge in [0.25, 0.3) is 0 Å². The summed E-state index contributed by atoms with van der Waals surface area (Å²) in [6.45, 7) is 0.489. The molecule has 126 valence electrons. The third-order valence-corrected chi connectivity index (χ3v) is 3.86. The van der Waals surface area contributed by atoms with Gasteiger partial charge in [0.15, 0.2) is 0 Å². The van der Waals surface area contributed by atoms with Gasteiger partial charge in [0.1, 0.15) is 12.6 Å². The number of carbonyl (C=O) groups excluding carboxylic acids is 2. The van der Waals surface area contributed by atoms with Crippen LogP contribution in [0.25, 0.3) is 0 Å². The highest BCUT2D eigenvalue weighted by atomic mass is 16.6. The molecule has 2 aromatic rings. The van der Waals surface area contributed by atoms with Gasteiger partial charge in [0.05, 0.1) is 30.4 Å². The third-order valence-electron chi connectivity index (χ3n) is 3.86. The minimum Gasteiger partial charge on any atom is -0.447 e. The molecule has 0 radical (unpaired) electrons. The van der Waals surface area contributed by atoms with Gasteiger partial charge in [-0.05, 0) is 29.8 Å². The van der Waals surface area contributed by atoms with E-state index in [-0.39, 0.29) is 25.6 Å². The number of carbonyl (C=O) groups is 2. The van der Waals surface area contributed by atoms with Gasteiger partial charge in [-0.1, -0.05) is 18.2 Å². The van der Waals surface area contributed by atoms with Crippen LogP contribution in [-0.2, 0) is 22.6 Å². The minimum absolute atomic E-state index is 0.00479. The first-order valence-corrected chi connectivity index (χ1v) is 7.77. The zero-order valence-corrected chi connectivity index (χ0v) is 13.4. The van der Waals surface area contributed by atoms with E-state index >= 15 is 0 Å². The van der Waals surface area contributed by atoms with E-state index in [0.29, 0.717) is 5.56 Å². The van der Waals surface area contributed by atoms with Crippen molar-refractivity contribution >= 4 is 12.0 Å². The first-order valence-electron chi connectivity index (χ1n) is 7.77. The number of benzene rings is 1. The number of hydrogen-bond acceptors (Lipinski definition) is 5. The maximum absolute atomic E-state index is 12.4. The standard InChI is InChI=1S/C18H16N4O3/c19-9-13-4-3-5-14(8-13)11-22-16(12-25-18(22)24)17(23)21-10-15-6-1-2-7-20-15/h1-8,16H,10-12H2,(H,21,23)/t16-/m0/s1. The monoisotopic (exact) mass is 336 g/mol. The van der Waals surface area contributed by atoms with E-state index < -0.39 is 12.1 Å². The Hall–Kier alpha value is -3.40. The number of amides is 2. The highest BCUT2D eigenvalue weighted by molar-refractivity contribution is 5.87. The van der Waals surface area contributed by atoms with Crippen molar-refractivity contribution in [2.45, 2.75) is 19.1 Å². The van der Waals surface area contributed by atoms with E-state index in [9.17, 15) is 9.59 Å². The Balaban J connectivity index is 1.66. The number of hydrogen-bond donors (Lipinski definition) is 1. The van der Waals surface area contributed by atoms with Crippen molar-refractivity contribution in [1.82, 2.24) is 15.2 Å². The highest BCUT2D eigenvalue weighted by Crippen LogP contribution is 2.17. The van der Waals surface area contributed by atoms with E-state index in [1.165, 1.54) is 4.90 Å². The molecule has 25 heavy (non-hydrogen) atoms. The summed E-state index contributed by atoms with van der Waals surface area (Å²) in [5.41, 5.74) is 2.00.